The minimum atomic E-state index is -0.544. The molecule has 0 heterocycles. The maximum absolute atomic E-state index is 12.1. The molecule has 0 spiro atoms. The number of nitriles is 1. The van der Waals surface area contributed by atoms with Crippen LogP contribution in [0.1, 0.15) is 36.5 Å². The summed E-state index contributed by atoms with van der Waals surface area (Å²) in [6.07, 6.45) is 0. The van der Waals surface area contributed by atoms with Gasteiger partial charge in [0.2, 0.25) is 0 Å². The van der Waals surface area contributed by atoms with Crippen molar-refractivity contribution in [1.82, 2.24) is 0 Å². The summed E-state index contributed by atoms with van der Waals surface area (Å²) in [5, 5.41) is 8.89. The number of carbonyl (C=O) groups excluding carboxylic acids is 1. The molecule has 0 fully saturated rings. The van der Waals surface area contributed by atoms with E-state index in [-0.39, 0.29) is 12.4 Å². The maximum Gasteiger partial charge on any atom is 0.349 e. The highest BCUT2D eigenvalue weighted by Crippen LogP contribution is 2.28. The smallest absolute Gasteiger partial charge is 0.349 e. The van der Waals surface area contributed by atoms with Crippen molar-refractivity contribution in [3.63, 3.8) is 0 Å². The Hall–Kier alpha value is -3.00. The zero-order valence-corrected chi connectivity index (χ0v) is 14.8. The van der Waals surface area contributed by atoms with Crippen molar-refractivity contribution in [2.45, 2.75) is 26.7 Å². The molecule has 5 nitrogen and oxygen atoms in total. The number of ether oxygens (including phenoxy) is 3. The highest BCUT2D eigenvalue weighted by molar-refractivity contribution is 5.75. The molecule has 0 unspecified atom stereocenters. The molecule has 0 bridgehead atoms. The van der Waals surface area contributed by atoms with Gasteiger partial charge in [0.15, 0.2) is 18.1 Å². The topological polar surface area (TPSA) is 68.5 Å². The number of nitrogens with zero attached hydrogens (tertiary/aromatic N) is 1. The van der Waals surface area contributed by atoms with Gasteiger partial charge in [0.1, 0.15) is 5.75 Å². The lowest BCUT2D eigenvalue weighted by Gasteiger charge is -2.13. The van der Waals surface area contributed by atoms with E-state index in [9.17, 15) is 4.79 Å². The lowest BCUT2D eigenvalue weighted by Crippen LogP contribution is -2.18. The van der Waals surface area contributed by atoms with Gasteiger partial charge in [-0.15, -0.1) is 0 Å². The molecule has 0 amide bonds. The number of aryl methyl sites for hydroxylation is 1. The lowest BCUT2D eigenvalue weighted by molar-refractivity contribution is -0.136. The van der Waals surface area contributed by atoms with E-state index in [1.54, 1.807) is 6.07 Å². The van der Waals surface area contributed by atoms with Crippen LogP contribution in [0.3, 0.4) is 0 Å². The Morgan fingerprint density at radius 3 is 2.52 bits per heavy atom. The normalized spacial score (nSPS) is 10.2. The van der Waals surface area contributed by atoms with E-state index in [1.165, 1.54) is 19.2 Å². The van der Waals surface area contributed by atoms with Crippen LogP contribution >= 0.6 is 0 Å². The number of esters is 1. The van der Waals surface area contributed by atoms with Gasteiger partial charge >= 0.3 is 5.97 Å². The summed E-state index contributed by atoms with van der Waals surface area (Å²) in [5.74, 6) is 1.07. The molecular weight excluding hydrogens is 318 g/mol. The number of hydrogen-bond acceptors (Lipinski definition) is 5. The van der Waals surface area contributed by atoms with Gasteiger partial charge < -0.3 is 14.2 Å². The fourth-order valence-corrected chi connectivity index (χ4v) is 2.24. The molecule has 0 saturated heterocycles. The average molecular weight is 339 g/mol. The first-order chi connectivity index (χ1) is 11.9. The van der Waals surface area contributed by atoms with Crippen LogP contribution in [0.4, 0.5) is 0 Å². The van der Waals surface area contributed by atoms with Crippen molar-refractivity contribution in [3.05, 3.63) is 53.1 Å². The van der Waals surface area contributed by atoms with Crippen LogP contribution in [0.5, 0.6) is 17.2 Å². The van der Waals surface area contributed by atoms with E-state index >= 15 is 0 Å². The molecule has 2 aromatic carbocycles. The van der Waals surface area contributed by atoms with Crippen molar-refractivity contribution in [2.75, 3.05) is 13.7 Å². The van der Waals surface area contributed by atoms with E-state index in [0.717, 1.165) is 11.1 Å². The first-order valence-electron chi connectivity index (χ1n) is 7.96. The molecular formula is C20H21NO4. The van der Waals surface area contributed by atoms with Gasteiger partial charge in [0.05, 0.1) is 18.7 Å². The Morgan fingerprint density at radius 2 is 1.88 bits per heavy atom. The summed E-state index contributed by atoms with van der Waals surface area (Å²) >= 11 is 0. The number of hydrogen-bond donors (Lipinski definition) is 0. The largest absolute Gasteiger partial charge is 0.493 e. The van der Waals surface area contributed by atoms with Gasteiger partial charge in [0.25, 0.3) is 0 Å². The van der Waals surface area contributed by atoms with Crippen molar-refractivity contribution in [2.24, 2.45) is 0 Å². The summed E-state index contributed by atoms with van der Waals surface area (Å²) < 4.78 is 16.0. The van der Waals surface area contributed by atoms with E-state index in [0.29, 0.717) is 23.0 Å². The number of rotatable bonds is 6. The van der Waals surface area contributed by atoms with E-state index in [4.69, 9.17) is 19.5 Å². The van der Waals surface area contributed by atoms with Gasteiger partial charge in [-0.05, 0) is 42.2 Å². The van der Waals surface area contributed by atoms with Crippen LogP contribution in [0.2, 0.25) is 0 Å². The second kappa shape index (κ2) is 8.20. The third-order valence-corrected chi connectivity index (χ3v) is 3.74. The lowest BCUT2D eigenvalue weighted by atomic mass is 10.0. The Bertz CT molecular complexity index is 806. The van der Waals surface area contributed by atoms with Crippen LogP contribution in [0.15, 0.2) is 36.4 Å². The molecule has 0 aliphatic heterocycles. The van der Waals surface area contributed by atoms with Gasteiger partial charge in [-0.25, -0.2) is 4.79 Å². The van der Waals surface area contributed by atoms with Gasteiger partial charge in [-0.1, -0.05) is 26.0 Å². The Labute approximate surface area is 147 Å². The predicted molar refractivity (Wildman–Crippen MR) is 94.1 cm³/mol. The Morgan fingerprint density at radius 1 is 1.12 bits per heavy atom. The standard InChI is InChI=1S/C20H21NO4/c1-13(2)16-7-5-14(3)18(10-16)24-12-20(22)25-17-8-6-15(11-21)9-19(17)23-4/h5-10,13H,12H2,1-4H3. The Balaban J connectivity index is 2.04. The maximum atomic E-state index is 12.1. The second-order valence-corrected chi connectivity index (χ2v) is 5.92. The van der Waals surface area contributed by atoms with E-state index in [2.05, 4.69) is 13.8 Å². The summed E-state index contributed by atoms with van der Waals surface area (Å²) in [6, 6.07) is 12.6. The summed E-state index contributed by atoms with van der Waals surface area (Å²) in [6.45, 7) is 5.90. The first-order valence-corrected chi connectivity index (χ1v) is 7.96. The minimum absolute atomic E-state index is 0.217. The van der Waals surface area contributed by atoms with E-state index < -0.39 is 5.97 Å². The molecule has 25 heavy (non-hydrogen) atoms. The summed E-state index contributed by atoms with van der Waals surface area (Å²) in [7, 11) is 1.45. The number of carbonyl (C=O) groups is 1. The fourth-order valence-electron chi connectivity index (χ4n) is 2.24. The average Bonchev–Trinajstić information content (AvgIpc) is 2.61. The van der Waals surface area contributed by atoms with Crippen molar-refractivity contribution >= 4 is 5.97 Å². The second-order valence-electron chi connectivity index (χ2n) is 5.92. The molecule has 0 atom stereocenters. The van der Waals surface area contributed by atoms with E-state index in [1.807, 2.05) is 31.2 Å². The van der Waals surface area contributed by atoms with Crippen molar-refractivity contribution < 1.29 is 19.0 Å². The van der Waals surface area contributed by atoms with Crippen LogP contribution in [-0.4, -0.2) is 19.7 Å². The summed E-state index contributed by atoms with van der Waals surface area (Å²) in [4.78, 5) is 12.1. The van der Waals surface area contributed by atoms with Crippen molar-refractivity contribution in [1.29, 1.82) is 5.26 Å². The van der Waals surface area contributed by atoms with Gasteiger partial charge in [-0.2, -0.15) is 5.26 Å². The molecule has 0 aliphatic rings. The van der Waals surface area contributed by atoms with Crippen LogP contribution in [0.25, 0.3) is 0 Å². The first kappa shape index (κ1) is 18.3. The van der Waals surface area contributed by atoms with Gasteiger partial charge in [0, 0.05) is 6.07 Å². The van der Waals surface area contributed by atoms with Crippen LogP contribution in [0, 0.1) is 18.3 Å². The fraction of sp³-hybridized carbons (Fsp3) is 0.300. The minimum Gasteiger partial charge on any atom is -0.493 e. The van der Waals surface area contributed by atoms with Crippen molar-refractivity contribution in [3.8, 4) is 23.3 Å². The van der Waals surface area contributed by atoms with Crippen LogP contribution in [-0.2, 0) is 4.79 Å². The highest BCUT2D eigenvalue weighted by Gasteiger charge is 2.13. The number of methoxy groups -OCH3 is 1. The molecule has 0 aromatic heterocycles. The quantitative estimate of drug-likeness (QED) is 0.588. The molecule has 0 aliphatic carbocycles. The van der Waals surface area contributed by atoms with Crippen LogP contribution < -0.4 is 14.2 Å². The molecule has 0 radical (unpaired) electrons. The zero-order valence-electron chi connectivity index (χ0n) is 14.8. The molecule has 2 aromatic rings. The SMILES string of the molecule is COc1cc(C#N)ccc1OC(=O)COc1cc(C(C)C)ccc1C. The summed E-state index contributed by atoms with van der Waals surface area (Å²) in [5.41, 5.74) is 2.52. The monoisotopic (exact) mass is 339 g/mol. The molecule has 0 N–H and O–H groups in total. The van der Waals surface area contributed by atoms with Gasteiger partial charge in [-0.3, -0.25) is 0 Å². The Kier molecular flexibility index (Phi) is 6.02. The molecule has 130 valence electrons. The molecule has 0 saturated carbocycles. The highest BCUT2D eigenvalue weighted by atomic mass is 16.6. The number of benzene rings is 2. The third-order valence-electron chi connectivity index (χ3n) is 3.74. The third kappa shape index (κ3) is 4.74. The molecule has 5 heteroatoms. The predicted octanol–water partition coefficient (Wildman–Crippen LogP) is 3.98. The molecule has 2 rings (SSSR count). The zero-order chi connectivity index (χ0) is 18.4.